The van der Waals surface area contributed by atoms with E-state index in [-0.39, 0.29) is 6.09 Å². The number of ketones is 1. The molecule has 124 valence electrons. The van der Waals surface area contributed by atoms with Gasteiger partial charge in [-0.05, 0) is 18.4 Å². The van der Waals surface area contributed by atoms with Gasteiger partial charge in [0.2, 0.25) is 0 Å². The van der Waals surface area contributed by atoms with Crippen LogP contribution >= 0.6 is 0 Å². The molecule has 2 fully saturated rings. The topological polar surface area (TPSA) is 49.9 Å². The van der Waals surface area contributed by atoms with Gasteiger partial charge in [0.25, 0.3) is 0 Å². The highest BCUT2D eigenvalue weighted by atomic mass is 16.6. The van der Waals surface area contributed by atoms with Crippen molar-refractivity contribution in [3.63, 3.8) is 0 Å². The van der Waals surface area contributed by atoms with Crippen molar-refractivity contribution in [2.45, 2.75) is 38.3 Å². The highest BCUT2D eigenvalue weighted by molar-refractivity contribution is 5.79. The van der Waals surface area contributed by atoms with Crippen LogP contribution in [0.25, 0.3) is 0 Å². The Morgan fingerprint density at radius 2 is 1.87 bits per heavy atom. The van der Waals surface area contributed by atoms with Crippen LogP contribution in [0.2, 0.25) is 0 Å². The first-order valence-electron chi connectivity index (χ1n) is 8.44. The summed E-state index contributed by atoms with van der Waals surface area (Å²) in [4.78, 5) is 27.8. The van der Waals surface area contributed by atoms with Crippen LogP contribution in [0.15, 0.2) is 30.3 Å². The van der Waals surface area contributed by atoms with Gasteiger partial charge in [0.15, 0.2) is 0 Å². The molecule has 0 spiro atoms. The standard InChI is InChI=1S/C18H24N2O3/c21-17-8-11-19(12-9-17)16-7-4-10-20(13-16)18(22)23-14-15-5-2-1-3-6-15/h1-3,5-6,16H,4,7-14H2/t16-/m0/s1. The lowest BCUT2D eigenvalue weighted by Gasteiger charge is -2.40. The Morgan fingerprint density at radius 3 is 2.61 bits per heavy atom. The summed E-state index contributed by atoms with van der Waals surface area (Å²) in [5.41, 5.74) is 1.00. The monoisotopic (exact) mass is 316 g/mol. The van der Waals surface area contributed by atoms with Gasteiger partial charge in [-0.3, -0.25) is 9.69 Å². The number of Topliss-reactive ketones (excluding diaryl/α,β-unsaturated/α-hetero) is 1. The molecule has 0 N–H and O–H groups in total. The Hall–Kier alpha value is -1.88. The van der Waals surface area contributed by atoms with Gasteiger partial charge in [-0.15, -0.1) is 0 Å². The second kappa shape index (κ2) is 7.59. The molecule has 0 aliphatic carbocycles. The quantitative estimate of drug-likeness (QED) is 0.859. The van der Waals surface area contributed by atoms with Crippen LogP contribution in [0.4, 0.5) is 4.79 Å². The van der Waals surface area contributed by atoms with Crippen molar-refractivity contribution in [1.29, 1.82) is 0 Å². The van der Waals surface area contributed by atoms with E-state index < -0.39 is 0 Å². The Labute approximate surface area is 137 Å². The molecule has 2 aliphatic heterocycles. The highest BCUT2D eigenvalue weighted by Gasteiger charge is 2.30. The zero-order valence-electron chi connectivity index (χ0n) is 13.4. The van der Waals surface area contributed by atoms with Crippen LogP contribution in [0.1, 0.15) is 31.2 Å². The third-order valence-electron chi connectivity index (χ3n) is 4.73. The molecule has 0 bridgehead atoms. The maximum absolute atomic E-state index is 12.3. The van der Waals surface area contributed by atoms with E-state index in [1.807, 2.05) is 35.2 Å². The largest absolute Gasteiger partial charge is 0.445 e. The summed E-state index contributed by atoms with van der Waals surface area (Å²) >= 11 is 0. The molecule has 23 heavy (non-hydrogen) atoms. The molecule has 0 aromatic heterocycles. The van der Waals surface area contributed by atoms with E-state index >= 15 is 0 Å². The third kappa shape index (κ3) is 4.32. The Morgan fingerprint density at radius 1 is 1.13 bits per heavy atom. The third-order valence-corrected chi connectivity index (χ3v) is 4.73. The molecule has 0 saturated carbocycles. The number of ether oxygens (including phenoxy) is 1. The fraction of sp³-hybridized carbons (Fsp3) is 0.556. The lowest BCUT2D eigenvalue weighted by atomic mass is 10.0. The minimum atomic E-state index is -0.230. The summed E-state index contributed by atoms with van der Waals surface area (Å²) in [6.45, 7) is 3.45. The second-order valence-electron chi connectivity index (χ2n) is 6.36. The number of carbonyl (C=O) groups excluding carboxylic acids is 2. The predicted molar refractivity (Wildman–Crippen MR) is 87.0 cm³/mol. The summed E-state index contributed by atoms with van der Waals surface area (Å²) in [6, 6.07) is 10.1. The zero-order valence-corrected chi connectivity index (χ0v) is 13.4. The maximum atomic E-state index is 12.3. The smallest absolute Gasteiger partial charge is 0.410 e. The second-order valence-corrected chi connectivity index (χ2v) is 6.36. The van der Waals surface area contributed by atoms with E-state index in [1.165, 1.54) is 0 Å². The molecule has 3 rings (SSSR count). The Bertz CT molecular complexity index is 536. The fourth-order valence-electron chi connectivity index (χ4n) is 3.37. The van der Waals surface area contributed by atoms with E-state index in [4.69, 9.17) is 4.74 Å². The molecule has 1 amide bonds. The van der Waals surface area contributed by atoms with Crippen molar-refractivity contribution in [2.75, 3.05) is 26.2 Å². The van der Waals surface area contributed by atoms with Crippen LogP contribution in [0, 0.1) is 0 Å². The molecule has 1 atom stereocenters. The number of hydrogen-bond acceptors (Lipinski definition) is 4. The molecule has 1 aromatic rings. The highest BCUT2D eigenvalue weighted by Crippen LogP contribution is 2.20. The lowest BCUT2D eigenvalue weighted by molar-refractivity contribution is -0.122. The van der Waals surface area contributed by atoms with Gasteiger partial charge < -0.3 is 9.64 Å². The number of amides is 1. The molecule has 2 saturated heterocycles. The first-order chi connectivity index (χ1) is 11.2. The number of likely N-dealkylation sites (tertiary alicyclic amines) is 2. The van der Waals surface area contributed by atoms with Crippen LogP contribution in [-0.2, 0) is 16.1 Å². The molecule has 0 radical (unpaired) electrons. The SMILES string of the molecule is O=C1CCN([C@H]2CCCN(C(=O)OCc3ccccc3)C2)CC1. The van der Waals surface area contributed by atoms with E-state index in [0.717, 1.165) is 38.0 Å². The van der Waals surface area contributed by atoms with Gasteiger partial charge in [-0.25, -0.2) is 4.79 Å². The number of rotatable bonds is 3. The zero-order chi connectivity index (χ0) is 16.1. The van der Waals surface area contributed by atoms with Crippen LogP contribution in [-0.4, -0.2) is 53.9 Å². The summed E-state index contributed by atoms with van der Waals surface area (Å²) in [7, 11) is 0. The van der Waals surface area contributed by atoms with Crippen LogP contribution in [0.5, 0.6) is 0 Å². The van der Waals surface area contributed by atoms with Crippen LogP contribution in [0.3, 0.4) is 0 Å². The number of nitrogens with zero attached hydrogens (tertiary/aromatic N) is 2. The number of benzene rings is 1. The molecule has 0 unspecified atom stereocenters. The number of piperidine rings is 2. The summed E-state index contributed by atoms with van der Waals surface area (Å²) in [5, 5.41) is 0. The summed E-state index contributed by atoms with van der Waals surface area (Å²) in [5.74, 6) is 0.358. The minimum absolute atomic E-state index is 0.230. The average Bonchev–Trinajstić information content (AvgIpc) is 2.61. The van der Waals surface area contributed by atoms with Gasteiger partial charge in [0.05, 0.1) is 0 Å². The molecule has 2 heterocycles. The van der Waals surface area contributed by atoms with Gasteiger partial charge in [-0.2, -0.15) is 0 Å². The molecule has 5 heteroatoms. The lowest BCUT2D eigenvalue weighted by Crippen LogP contribution is -2.52. The van der Waals surface area contributed by atoms with E-state index in [9.17, 15) is 9.59 Å². The van der Waals surface area contributed by atoms with Crippen molar-refractivity contribution < 1.29 is 14.3 Å². The van der Waals surface area contributed by atoms with Crippen LogP contribution < -0.4 is 0 Å². The number of hydrogen-bond donors (Lipinski definition) is 0. The van der Waals surface area contributed by atoms with Crippen molar-refractivity contribution in [2.24, 2.45) is 0 Å². The molecular formula is C18H24N2O3. The van der Waals surface area contributed by atoms with Gasteiger partial charge in [-0.1, -0.05) is 30.3 Å². The van der Waals surface area contributed by atoms with Crippen molar-refractivity contribution in [1.82, 2.24) is 9.80 Å². The average molecular weight is 316 g/mol. The van der Waals surface area contributed by atoms with Crippen molar-refractivity contribution in [3.05, 3.63) is 35.9 Å². The van der Waals surface area contributed by atoms with Crippen molar-refractivity contribution in [3.8, 4) is 0 Å². The van der Waals surface area contributed by atoms with Gasteiger partial charge in [0.1, 0.15) is 12.4 Å². The Kier molecular flexibility index (Phi) is 5.28. The Balaban J connectivity index is 1.49. The molecular weight excluding hydrogens is 292 g/mol. The van der Waals surface area contributed by atoms with Gasteiger partial charge in [0, 0.05) is 45.1 Å². The molecule has 2 aliphatic rings. The first kappa shape index (κ1) is 16.0. The van der Waals surface area contributed by atoms with E-state index in [2.05, 4.69) is 4.90 Å². The van der Waals surface area contributed by atoms with E-state index in [0.29, 0.717) is 37.8 Å². The van der Waals surface area contributed by atoms with Gasteiger partial charge >= 0.3 is 6.09 Å². The number of carbonyl (C=O) groups is 2. The molecule has 5 nitrogen and oxygen atoms in total. The predicted octanol–water partition coefficient (Wildman–Crippen LogP) is 2.45. The summed E-state index contributed by atoms with van der Waals surface area (Å²) in [6.07, 6.45) is 3.16. The molecule has 1 aromatic carbocycles. The first-order valence-corrected chi connectivity index (χ1v) is 8.44. The fourth-order valence-corrected chi connectivity index (χ4v) is 3.37. The summed E-state index contributed by atoms with van der Waals surface area (Å²) < 4.78 is 5.43. The van der Waals surface area contributed by atoms with Crippen molar-refractivity contribution >= 4 is 11.9 Å². The maximum Gasteiger partial charge on any atom is 0.410 e. The van der Waals surface area contributed by atoms with E-state index in [1.54, 1.807) is 0 Å². The minimum Gasteiger partial charge on any atom is -0.445 e. The normalized spacial score (nSPS) is 22.9.